The number of nitrogens with one attached hydrogen (secondary N) is 1. The first-order valence-electron chi connectivity index (χ1n) is 44.9. The zero-order chi connectivity index (χ0) is 97.2. The van der Waals surface area contributed by atoms with Crippen LogP contribution in [0.3, 0.4) is 0 Å². The highest BCUT2D eigenvalue weighted by atomic mass is 16.7. The molecule has 0 aromatic heterocycles. The van der Waals surface area contributed by atoms with Crippen LogP contribution in [0.1, 0.15) is 207 Å². The molecule has 0 saturated heterocycles. The molecule has 8 aromatic rings. The van der Waals surface area contributed by atoms with E-state index in [0.29, 0.717) is 71.0 Å². The van der Waals surface area contributed by atoms with Gasteiger partial charge in [0.15, 0.2) is 0 Å². The first-order chi connectivity index (χ1) is 65.3. The van der Waals surface area contributed by atoms with Gasteiger partial charge in [-0.2, -0.15) is 4.90 Å². The van der Waals surface area contributed by atoms with Crippen LogP contribution >= 0.6 is 0 Å². The van der Waals surface area contributed by atoms with Crippen LogP contribution in [0.25, 0.3) is 6.08 Å². The van der Waals surface area contributed by atoms with E-state index in [1.807, 2.05) is 126 Å². The molecular formula is C107H115N9O19. The fourth-order valence-electron chi connectivity index (χ4n) is 15.1. The van der Waals surface area contributed by atoms with Gasteiger partial charge in [0.05, 0.1) is 76.3 Å². The third-order valence-electron chi connectivity index (χ3n) is 23.1. The van der Waals surface area contributed by atoms with Gasteiger partial charge in [0.1, 0.15) is 30.8 Å². The number of nitrogens with two attached hydrogens (primary N) is 2. The summed E-state index contributed by atoms with van der Waals surface area (Å²) >= 11 is 0. The van der Waals surface area contributed by atoms with Crippen LogP contribution in [0.2, 0.25) is 0 Å². The second kappa shape index (κ2) is 50.6. The van der Waals surface area contributed by atoms with Crippen LogP contribution in [-0.2, 0) is 33.4 Å². The number of ether oxygens (including phenoxy) is 3. The Morgan fingerprint density at radius 3 is 1.32 bits per heavy atom. The lowest BCUT2D eigenvalue weighted by atomic mass is 10.0. The first kappa shape index (κ1) is 102. The summed E-state index contributed by atoms with van der Waals surface area (Å²) in [6, 6.07) is 62.1. The molecule has 4 saturated carbocycles. The molecule has 28 heteroatoms. The predicted octanol–water partition coefficient (Wildman–Crippen LogP) is 16.5. The average Bonchev–Trinajstić information content (AvgIpc) is 1.54. The number of aliphatic carboxylic acids is 2. The van der Waals surface area contributed by atoms with E-state index in [0.717, 1.165) is 77.1 Å². The first-order valence-corrected chi connectivity index (χ1v) is 44.9. The number of fused-ring (bicyclic) bond motifs is 4. The van der Waals surface area contributed by atoms with Crippen molar-refractivity contribution >= 4 is 89.3 Å². The molecule has 4 aliphatic carbocycles. The molecule has 17 rings (SSSR count). The van der Waals surface area contributed by atoms with Crippen LogP contribution in [0.4, 0.5) is 9.59 Å². The van der Waals surface area contributed by atoms with Crippen molar-refractivity contribution in [1.29, 1.82) is 0 Å². The Morgan fingerprint density at radius 1 is 0.496 bits per heavy atom. The van der Waals surface area contributed by atoms with Crippen LogP contribution in [0.15, 0.2) is 300 Å². The lowest BCUT2D eigenvalue weighted by Gasteiger charge is -2.35. The highest BCUT2D eigenvalue weighted by Crippen LogP contribution is 2.40. The van der Waals surface area contributed by atoms with E-state index in [-0.39, 0.29) is 84.0 Å². The van der Waals surface area contributed by atoms with E-state index in [4.69, 9.17) is 21.7 Å². The number of methoxy groups -OCH3 is 1. The number of hydrogen-bond acceptors (Lipinski definition) is 20. The van der Waals surface area contributed by atoms with E-state index in [2.05, 4.69) is 76.7 Å². The summed E-state index contributed by atoms with van der Waals surface area (Å²) in [5, 5.41) is 20.8. The second-order valence-electron chi connectivity index (χ2n) is 32.9. The largest absolute Gasteiger partial charge is 0.508 e. The van der Waals surface area contributed by atoms with Crippen molar-refractivity contribution in [2.24, 2.45) is 35.1 Å². The van der Waals surface area contributed by atoms with Crippen molar-refractivity contribution in [2.45, 2.75) is 126 Å². The minimum atomic E-state index is -1.22. The van der Waals surface area contributed by atoms with Gasteiger partial charge in [0, 0.05) is 13.1 Å². The molecule has 0 spiro atoms. The summed E-state index contributed by atoms with van der Waals surface area (Å²) < 4.78 is 13.6. The van der Waals surface area contributed by atoms with E-state index in [1.54, 1.807) is 103 Å². The summed E-state index contributed by atoms with van der Waals surface area (Å²) in [4.78, 5) is 177. The molecule has 8 aromatic carbocycles. The minimum absolute atomic E-state index is 0.0286. The molecule has 0 bridgehead atoms. The van der Waals surface area contributed by atoms with Gasteiger partial charge in [-0.15, -0.1) is 32.9 Å². The number of amides is 11. The number of carbonyl (C=O) groups is 14. The molecule has 702 valence electrons. The maximum absolute atomic E-state index is 13.9. The summed E-state index contributed by atoms with van der Waals surface area (Å²) in [5.74, 6) is -3.83. The molecule has 7 N–H and O–H groups in total. The Balaban J connectivity index is 0.000000167. The number of benzene rings is 8. The van der Waals surface area contributed by atoms with Gasteiger partial charge in [0.2, 0.25) is 11.8 Å². The van der Waals surface area contributed by atoms with E-state index in [9.17, 15) is 67.1 Å². The van der Waals surface area contributed by atoms with Crippen molar-refractivity contribution in [2.75, 3.05) is 46.5 Å². The zero-order valence-electron chi connectivity index (χ0n) is 75.8. The highest BCUT2D eigenvalue weighted by Gasteiger charge is 2.49. The topological polar surface area (TPSA) is 391 Å². The molecule has 5 heterocycles. The molecule has 5 unspecified atom stereocenters. The van der Waals surface area contributed by atoms with Gasteiger partial charge < -0.3 is 51.0 Å². The smallest absolute Gasteiger partial charge is 0.480 e. The van der Waals surface area contributed by atoms with Gasteiger partial charge >= 0.3 is 24.2 Å². The van der Waals surface area contributed by atoms with Crippen molar-refractivity contribution < 1.29 is 91.5 Å². The van der Waals surface area contributed by atoms with Crippen molar-refractivity contribution in [3.05, 3.63) is 367 Å². The number of hydrogen-bond donors (Lipinski definition) is 5. The van der Waals surface area contributed by atoms with E-state index < -0.39 is 83.8 Å². The van der Waals surface area contributed by atoms with Crippen LogP contribution in [-0.4, -0.2) is 194 Å². The van der Waals surface area contributed by atoms with Crippen LogP contribution in [0.5, 0.6) is 0 Å². The maximum Gasteiger partial charge on any atom is 0.508 e. The van der Waals surface area contributed by atoms with Gasteiger partial charge in [-0.1, -0.05) is 218 Å². The summed E-state index contributed by atoms with van der Waals surface area (Å²) in [7, 11) is 1.28. The predicted molar refractivity (Wildman–Crippen MR) is 511 cm³/mol. The summed E-state index contributed by atoms with van der Waals surface area (Å²) in [6.45, 7) is 23.6. The third-order valence-corrected chi connectivity index (χ3v) is 23.1. The Bertz CT molecular complexity index is 5510. The standard InChI is InChI=1S/C26H26N2O3.C24H22N2O3.C13H11NO4.C13H17N.C11H9NO4.C11H12O3.C5H9NO2.C4H9N/c1-3-10-23(28-24(29)20-13-8-9-14-21(20)25(28)30)26(31)27(17-18-15-16-18)22(4-2)19-11-6-5-7-12-19;27-22-18-9-4-5-10-19(18)23(28)26(22)21-12-6-11-20(17-7-2-1-3-8-17)25(24(21)29)15-16-13-14-16;1-2-5-10(13(17)18)14-11(15)8-6-3-4-7-9(8)12(14)16;1-2-13(14-10-11-8-9-11)12-6-4-3-5-7-12;1-2-16-11(15)12-9(13)7-5-3-4-6-8(7)10(12)14;1-13-11(12)14-9-5-8-10-6-3-2-4-7-10;1-2-3-4(6)5(7)8;5-3-4-1-2-4/h3-9,11-14,18,22-23H,1-2,10,15-17H2;1-11,16,20-21H,12-15H2;2-4,6-7,10H,1,5H2,(H,17,18);2-7,11,13-14H,1,8-10H2;3-6H,2H2,1H3;2-8H,9H2,1H3;2,4H,1,3,6H2,(H,7,8);4H,1-3,5H2/b;;;;;8-5+;;/t;;10-;;;;4-;/m..0...0./s1. The number of imide groups is 6. The Labute approximate surface area is 786 Å². The number of rotatable bonds is 30. The fraction of sp³-hybridized carbons (Fsp3) is 0.290. The number of nitrogens with zero attached hydrogens (tertiary/aromatic N) is 6. The molecule has 11 amide bonds. The number of carbonyl (C=O) groups excluding carboxylic acids is 12. The van der Waals surface area contributed by atoms with Crippen LogP contribution < -0.4 is 16.8 Å². The SMILES string of the molecule is C=CC(NCC1CC1)c1ccccc1.C=CCC(C(=O)N(CC1CC1)C(C=C)c1ccccc1)N1C(=O)c2ccccc2C1=O.C=CC[C@@H](C(=O)O)N1C(=O)c2ccccc2C1=O.C=CC[C@H](N)C(=O)O.CCOC(=O)N1C(=O)c2ccccc2C1=O.COC(=O)OC/C=C/c1ccccc1.NCC1CC1.O=C1C(N2C(=O)c3ccccc3C2=O)CC=CC(c2ccccc2)N1CC1CC1. The molecule has 4 fully saturated rings. The lowest BCUT2D eigenvalue weighted by molar-refractivity contribution is -0.141. The van der Waals surface area contributed by atoms with Crippen molar-refractivity contribution in [3.8, 4) is 0 Å². The number of carboxylic acid groups (broad SMARTS) is 2. The minimum Gasteiger partial charge on any atom is -0.480 e. The maximum atomic E-state index is 13.9. The monoisotopic (exact) mass is 1830 g/mol. The van der Waals surface area contributed by atoms with Crippen molar-refractivity contribution in [1.82, 2.24) is 34.7 Å². The molecular weight excluding hydrogens is 1720 g/mol. The molecule has 9 aliphatic rings. The van der Waals surface area contributed by atoms with E-state index >= 15 is 0 Å². The van der Waals surface area contributed by atoms with E-state index in [1.165, 1.54) is 79.7 Å². The van der Waals surface area contributed by atoms with Gasteiger partial charge in [-0.25, -0.2) is 14.4 Å². The van der Waals surface area contributed by atoms with Crippen molar-refractivity contribution in [3.63, 3.8) is 0 Å². The fourth-order valence-corrected chi connectivity index (χ4v) is 15.1. The van der Waals surface area contributed by atoms with Gasteiger partial charge in [-0.3, -0.25) is 67.4 Å². The van der Waals surface area contributed by atoms with Gasteiger partial charge in [0.25, 0.3) is 47.3 Å². The molecule has 135 heavy (non-hydrogen) atoms. The average molecular weight is 1830 g/mol. The molecule has 5 aliphatic heterocycles. The van der Waals surface area contributed by atoms with Gasteiger partial charge in [-0.05, 0) is 198 Å². The zero-order valence-corrected chi connectivity index (χ0v) is 75.8. The molecule has 28 nitrogen and oxygen atoms in total. The number of carboxylic acids is 2. The quantitative estimate of drug-likeness (QED) is 0.0159. The van der Waals surface area contributed by atoms with Crippen LogP contribution in [0, 0.1) is 23.7 Å². The summed E-state index contributed by atoms with van der Waals surface area (Å²) in [6.07, 6.45) is 25.0. The molecule has 0 radical (unpaired) electrons. The summed E-state index contributed by atoms with van der Waals surface area (Å²) in [5.41, 5.74) is 17.1. The normalized spacial score (nSPS) is 17.3. The Kier molecular flexibility index (Phi) is 38.3. The molecule has 7 atom stereocenters. The third kappa shape index (κ3) is 27.6. The Morgan fingerprint density at radius 2 is 0.919 bits per heavy atom. The second-order valence-corrected chi connectivity index (χ2v) is 32.9. The highest BCUT2D eigenvalue weighted by molar-refractivity contribution is 6.28. The lowest BCUT2D eigenvalue weighted by Crippen LogP contribution is -2.52. The Hall–Kier alpha value is -15.0.